The van der Waals surface area contributed by atoms with Crippen molar-refractivity contribution in [1.82, 2.24) is 9.78 Å². The molecule has 1 aromatic heterocycles. The molecule has 0 bridgehead atoms. The van der Waals surface area contributed by atoms with Crippen molar-refractivity contribution in [2.45, 2.75) is 26.8 Å². The second kappa shape index (κ2) is 4.26. The van der Waals surface area contributed by atoms with Gasteiger partial charge in [0, 0.05) is 19.0 Å². The third kappa shape index (κ3) is 1.83. The van der Waals surface area contributed by atoms with Gasteiger partial charge in [0.25, 0.3) is 0 Å². The molecule has 0 fully saturated rings. The maximum Gasteiger partial charge on any atom is 0.0709 e. The second-order valence-electron chi connectivity index (χ2n) is 4.68. The van der Waals surface area contributed by atoms with Crippen molar-refractivity contribution >= 4 is 10.9 Å². The minimum Gasteiger partial charge on any atom is -0.326 e. The number of aryl methyl sites for hydroxylation is 1. The first-order valence-electron chi connectivity index (χ1n) is 5.77. The molecule has 2 N–H and O–H groups in total. The van der Waals surface area contributed by atoms with Gasteiger partial charge in [-0.1, -0.05) is 26.0 Å². The van der Waals surface area contributed by atoms with Crippen LogP contribution in [0.1, 0.15) is 25.1 Å². The van der Waals surface area contributed by atoms with Crippen LogP contribution >= 0.6 is 0 Å². The summed E-state index contributed by atoms with van der Waals surface area (Å²) in [5.41, 5.74) is 9.34. The van der Waals surface area contributed by atoms with Gasteiger partial charge in [0.15, 0.2) is 0 Å². The SMILES string of the molecule is CC(C)Cc1nn(C)c2cccc(CN)c12. The van der Waals surface area contributed by atoms with Gasteiger partial charge in [-0.25, -0.2) is 0 Å². The van der Waals surface area contributed by atoms with Crippen molar-refractivity contribution in [3.63, 3.8) is 0 Å². The van der Waals surface area contributed by atoms with Gasteiger partial charge in [-0.15, -0.1) is 0 Å². The molecule has 0 atom stereocenters. The molecule has 16 heavy (non-hydrogen) atoms. The van der Waals surface area contributed by atoms with Crippen molar-refractivity contribution in [3.8, 4) is 0 Å². The highest BCUT2D eigenvalue weighted by molar-refractivity contribution is 5.85. The number of aromatic nitrogens is 2. The van der Waals surface area contributed by atoms with E-state index in [0.717, 1.165) is 6.42 Å². The molecule has 0 saturated heterocycles. The molecule has 2 aromatic rings. The summed E-state index contributed by atoms with van der Waals surface area (Å²) in [6.07, 6.45) is 1.01. The first-order chi connectivity index (χ1) is 7.63. The van der Waals surface area contributed by atoms with Gasteiger partial charge < -0.3 is 5.73 Å². The van der Waals surface area contributed by atoms with Crippen LogP contribution < -0.4 is 5.73 Å². The van der Waals surface area contributed by atoms with Crippen LogP contribution in [-0.2, 0) is 20.0 Å². The molecule has 0 saturated carbocycles. The highest BCUT2D eigenvalue weighted by atomic mass is 15.3. The summed E-state index contributed by atoms with van der Waals surface area (Å²) in [6, 6.07) is 6.24. The summed E-state index contributed by atoms with van der Waals surface area (Å²) in [6.45, 7) is 5.01. The molecular weight excluding hydrogens is 198 g/mol. The lowest BCUT2D eigenvalue weighted by Gasteiger charge is -2.04. The lowest BCUT2D eigenvalue weighted by Crippen LogP contribution is -2.00. The average molecular weight is 217 g/mol. The fourth-order valence-corrected chi connectivity index (χ4v) is 2.17. The van der Waals surface area contributed by atoms with Crippen LogP contribution in [0.4, 0.5) is 0 Å². The predicted octanol–water partition coefficient (Wildman–Crippen LogP) is 2.23. The smallest absolute Gasteiger partial charge is 0.0709 e. The number of fused-ring (bicyclic) bond motifs is 1. The lowest BCUT2D eigenvalue weighted by molar-refractivity contribution is 0.624. The second-order valence-corrected chi connectivity index (χ2v) is 4.68. The molecule has 0 unspecified atom stereocenters. The third-order valence-corrected chi connectivity index (χ3v) is 2.86. The Morgan fingerprint density at radius 2 is 2.12 bits per heavy atom. The molecule has 0 aliphatic rings. The fraction of sp³-hybridized carbons (Fsp3) is 0.462. The van der Waals surface area contributed by atoms with Gasteiger partial charge in [-0.05, 0) is 24.0 Å². The predicted molar refractivity (Wildman–Crippen MR) is 67.1 cm³/mol. The van der Waals surface area contributed by atoms with Crippen molar-refractivity contribution in [2.75, 3.05) is 0 Å². The number of hydrogen-bond donors (Lipinski definition) is 1. The highest BCUT2D eigenvalue weighted by Gasteiger charge is 2.12. The van der Waals surface area contributed by atoms with Crippen LogP contribution in [0.25, 0.3) is 10.9 Å². The molecule has 86 valence electrons. The minimum atomic E-state index is 0.578. The average Bonchev–Trinajstić information content (AvgIpc) is 2.55. The standard InChI is InChI=1S/C13H19N3/c1-9(2)7-11-13-10(8-14)5-4-6-12(13)16(3)15-11/h4-6,9H,7-8,14H2,1-3H3. The van der Waals surface area contributed by atoms with E-state index in [2.05, 4.69) is 31.1 Å². The van der Waals surface area contributed by atoms with Crippen LogP contribution in [-0.4, -0.2) is 9.78 Å². The number of nitrogens with zero attached hydrogens (tertiary/aromatic N) is 2. The van der Waals surface area contributed by atoms with E-state index in [-0.39, 0.29) is 0 Å². The summed E-state index contributed by atoms with van der Waals surface area (Å²) < 4.78 is 1.95. The van der Waals surface area contributed by atoms with E-state index in [0.29, 0.717) is 12.5 Å². The molecule has 0 radical (unpaired) electrons. The van der Waals surface area contributed by atoms with E-state index in [4.69, 9.17) is 5.73 Å². The van der Waals surface area contributed by atoms with Gasteiger partial charge in [0.1, 0.15) is 0 Å². The number of rotatable bonds is 3. The Morgan fingerprint density at radius 3 is 2.75 bits per heavy atom. The van der Waals surface area contributed by atoms with Crippen molar-refractivity contribution in [2.24, 2.45) is 18.7 Å². The van der Waals surface area contributed by atoms with E-state index < -0.39 is 0 Å². The van der Waals surface area contributed by atoms with Crippen LogP contribution in [0, 0.1) is 5.92 Å². The molecule has 0 amide bonds. The minimum absolute atomic E-state index is 0.578. The van der Waals surface area contributed by atoms with Crippen molar-refractivity contribution in [3.05, 3.63) is 29.5 Å². The Bertz CT molecular complexity index is 497. The van der Waals surface area contributed by atoms with Gasteiger partial charge in [0.05, 0.1) is 11.2 Å². The topological polar surface area (TPSA) is 43.8 Å². The van der Waals surface area contributed by atoms with Crippen LogP contribution in [0.15, 0.2) is 18.2 Å². The van der Waals surface area contributed by atoms with E-state index >= 15 is 0 Å². The van der Waals surface area contributed by atoms with Crippen LogP contribution in [0.2, 0.25) is 0 Å². The normalized spacial score (nSPS) is 11.6. The Balaban J connectivity index is 2.64. The lowest BCUT2D eigenvalue weighted by atomic mass is 10.0. The largest absolute Gasteiger partial charge is 0.326 e. The summed E-state index contributed by atoms with van der Waals surface area (Å²) >= 11 is 0. The Morgan fingerprint density at radius 1 is 1.38 bits per heavy atom. The fourth-order valence-electron chi connectivity index (χ4n) is 2.17. The molecule has 0 aliphatic heterocycles. The molecule has 1 heterocycles. The maximum atomic E-state index is 5.79. The summed E-state index contributed by atoms with van der Waals surface area (Å²) in [7, 11) is 1.99. The summed E-state index contributed by atoms with van der Waals surface area (Å²) in [5.74, 6) is 0.615. The first kappa shape index (κ1) is 11.1. The molecular formula is C13H19N3. The zero-order valence-corrected chi connectivity index (χ0v) is 10.2. The molecule has 3 heteroatoms. The summed E-state index contributed by atoms with van der Waals surface area (Å²) in [5, 5.41) is 5.85. The number of benzene rings is 1. The quantitative estimate of drug-likeness (QED) is 0.856. The Hall–Kier alpha value is -1.35. The maximum absolute atomic E-state index is 5.79. The van der Waals surface area contributed by atoms with Gasteiger partial charge in [0.2, 0.25) is 0 Å². The van der Waals surface area contributed by atoms with Gasteiger partial charge in [-0.2, -0.15) is 5.10 Å². The zero-order chi connectivity index (χ0) is 11.7. The molecule has 3 nitrogen and oxygen atoms in total. The highest BCUT2D eigenvalue weighted by Crippen LogP contribution is 2.24. The van der Waals surface area contributed by atoms with Crippen molar-refractivity contribution in [1.29, 1.82) is 0 Å². The van der Waals surface area contributed by atoms with E-state index in [1.807, 2.05) is 17.8 Å². The molecule has 1 aromatic carbocycles. The number of nitrogens with two attached hydrogens (primary N) is 1. The molecule has 2 rings (SSSR count). The van der Waals surface area contributed by atoms with Gasteiger partial charge in [-0.3, -0.25) is 4.68 Å². The van der Waals surface area contributed by atoms with Gasteiger partial charge >= 0.3 is 0 Å². The zero-order valence-electron chi connectivity index (χ0n) is 10.2. The van der Waals surface area contributed by atoms with Crippen LogP contribution in [0.5, 0.6) is 0 Å². The Labute approximate surface area is 96.2 Å². The van der Waals surface area contributed by atoms with E-state index in [1.165, 1.54) is 22.2 Å². The molecule has 0 aliphatic carbocycles. The molecule has 0 spiro atoms. The first-order valence-corrected chi connectivity index (χ1v) is 5.77. The van der Waals surface area contributed by atoms with E-state index in [1.54, 1.807) is 0 Å². The Kier molecular flexibility index (Phi) is 2.97. The third-order valence-electron chi connectivity index (χ3n) is 2.86. The van der Waals surface area contributed by atoms with E-state index in [9.17, 15) is 0 Å². The monoisotopic (exact) mass is 217 g/mol. The van der Waals surface area contributed by atoms with Crippen LogP contribution in [0.3, 0.4) is 0 Å². The summed E-state index contributed by atoms with van der Waals surface area (Å²) in [4.78, 5) is 0. The number of hydrogen-bond acceptors (Lipinski definition) is 2. The van der Waals surface area contributed by atoms with Crippen molar-refractivity contribution < 1.29 is 0 Å².